The van der Waals surface area contributed by atoms with Crippen molar-refractivity contribution in [2.24, 2.45) is 12.0 Å². The Balaban J connectivity index is 1.55. The van der Waals surface area contributed by atoms with Gasteiger partial charge in [-0.2, -0.15) is 5.10 Å². The van der Waals surface area contributed by atoms with E-state index in [2.05, 4.69) is 33.3 Å². The highest BCUT2D eigenvalue weighted by Crippen LogP contribution is 2.26. The molecule has 2 fully saturated rings. The van der Waals surface area contributed by atoms with Gasteiger partial charge in [0, 0.05) is 45.3 Å². The van der Waals surface area contributed by atoms with Gasteiger partial charge in [0.2, 0.25) is 0 Å². The summed E-state index contributed by atoms with van der Waals surface area (Å²) in [7, 11) is 1.99. The van der Waals surface area contributed by atoms with E-state index in [1.807, 2.05) is 17.9 Å². The van der Waals surface area contributed by atoms with Crippen LogP contribution in [0.15, 0.2) is 17.4 Å². The van der Waals surface area contributed by atoms with Crippen molar-refractivity contribution in [3.05, 3.63) is 18.0 Å². The van der Waals surface area contributed by atoms with E-state index < -0.39 is 0 Å². The Hall–Kier alpha value is -1.56. The third kappa shape index (κ3) is 4.25. The lowest BCUT2D eigenvalue weighted by molar-refractivity contribution is 0.348. The molecule has 1 unspecified atom stereocenters. The summed E-state index contributed by atoms with van der Waals surface area (Å²) in [5.41, 5.74) is 1.35. The lowest BCUT2D eigenvalue weighted by atomic mass is 10.0. The summed E-state index contributed by atoms with van der Waals surface area (Å²) in [6, 6.07) is 0. The maximum Gasteiger partial charge on any atom is 0.193 e. The lowest BCUT2D eigenvalue weighted by Gasteiger charge is -2.22. The van der Waals surface area contributed by atoms with Crippen LogP contribution in [0.25, 0.3) is 0 Å². The molecule has 0 spiro atoms. The van der Waals surface area contributed by atoms with Crippen molar-refractivity contribution >= 4 is 5.96 Å². The Labute approximate surface area is 139 Å². The zero-order valence-electron chi connectivity index (χ0n) is 14.5. The molecule has 6 heteroatoms. The topological polar surface area (TPSA) is 48.7 Å². The average molecular weight is 318 g/mol. The molecule has 1 N–H and O–H groups in total. The minimum atomic E-state index is 0.575. The Kier molecular flexibility index (Phi) is 5.54. The van der Waals surface area contributed by atoms with Crippen LogP contribution in [0.2, 0.25) is 0 Å². The first-order chi connectivity index (χ1) is 11.3. The molecule has 0 bridgehead atoms. The fourth-order valence-corrected chi connectivity index (χ4v) is 3.61. The van der Waals surface area contributed by atoms with Crippen LogP contribution < -0.4 is 5.32 Å². The van der Waals surface area contributed by atoms with Crippen molar-refractivity contribution in [1.29, 1.82) is 0 Å². The van der Waals surface area contributed by atoms with Gasteiger partial charge in [-0.3, -0.25) is 9.67 Å². The van der Waals surface area contributed by atoms with Crippen molar-refractivity contribution in [2.45, 2.75) is 32.1 Å². The van der Waals surface area contributed by atoms with Gasteiger partial charge in [-0.15, -0.1) is 0 Å². The third-order valence-electron chi connectivity index (χ3n) is 4.90. The molecule has 6 nitrogen and oxygen atoms in total. The smallest absolute Gasteiger partial charge is 0.193 e. The fourth-order valence-electron chi connectivity index (χ4n) is 3.61. The quantitative estimate of drug-likeness (QED) is 0.656. The maximum absolute atomic E-state index is 4.86. The molecule has 1 aromatic rings. The van der Waals surface area contributed by atoms with E-state index in [9.17, 15) is 0 Å². The van der Waals surface area contributed by atoms with Crippen LogP contribution in [-0.2, 0) is 7.05 Å². The maximum atomic E-state index is 4.86. The summed E-state index contributed by atoms with van der Waals surface area (Å²) < 4.78 is 1.90. The Morgan fingerprint density at radius 2 is 2.17 bits per heavy atom. The number of nitrogens with zero attached hydrogens (tertiary/aromatic N) is 5. The highest BCUT2D eigenvalue weighted by atomic mass is 15.3. The first kappa shape index (κ1) is 16.3. The van der Waals surface area contributed by atoms with Gasteiger partial charge in [-0.1, -0.05) is 0 Å². The minimum absolute atomic E-state index is 0.575. The molecule has 0 aromatic carbocycles. The van der Waals surface area contributed by atoms with Crippen molar-refractivity contribution in [2.75, 3.05) is 45.8 Å². The normalized spacial score (nSPS) is 23.0. The number of hydrogen-bond acceptors (Lipinski definition) is 3. The highest BCUT2D eigenvalue weighted by Gasteiger charge is 2.26. The summed E-state index contributed by atoms with van der Waals surface area (Å²) in [5.74, 6) is 1.66. The zero-order valence-corrected chi connectivity index (χ0v) is 14.5. The van der Waals surface area contributed by atoms with Crippen LogP contribution in [0.3, 0.4) is 0 Å². The van der Waals surface area contributed by atoms with Gasteiger partial charge < -0.3 is 15.1 Å². The predicted molar refractivity (Wildman–Crippen MR) is 93.8 cm³/mol. The van der Waals surface area contributed by atoms with Gasteiger partial charge in [0.05, 0.1) is 12.7 Å². The molecule has 2 aliphatic rings. The number of aryl methyl sites for hydroxylation is 1. The summed E-state index contributed by atoms with van der Waals surface area (Å²) >= 11 is 0. The largest absolute Gasteiger partial charge is 0.357 e. The monoisotopic (exact) mass is 318 g/mol. The molecule has 0 saturated carbocycles. The van der Waals surface area contributed by atoms with E-state index in [0.717, 1.165) is 38.7 Å². The number of hydrogen-bond donors (Lipinski definition) is 1. The van der Waals surface area contributed by atoms with Crippen molar-refractivity contribution in [3.8, 4) is 0 Å². The average Bonchev–Trinajstić information content (AvgIpc) is 3.27. The van der Waals surface area contributed by atoms with Gasteiger partial charge in [0.1, 0.15) is 0 Å². The molecule has 23 heavy (non-hydrogen) atoms. The molecular weight excluding hydrogens is 288 g/mol. The van der Waals surface area contributed by atoms with Crippen LogP contribution in [0, 0.1) is 0 Å². The van der Waals surface area contributed by atoms with Crippen LogP contribution in [-0.4, -0.2) is 71.4 Å². The molecular formula is C17H30N6. The molecule has 0 radical (unpaired) electrons. The fraction of sp³-hybridized carbons (Fsp3) is 0.765. The van der Waals surface area contributed by atoms with E-state index in [4.69, 9.17) is 4.99 Å². The van der Waals surface area contributed by atoms with Crippen LogP contribution in [0.4, 0.5) is 0 Å². The third-order valence-corrected chi connectivity index (χ3v) is 4.90. The van der Waals surface area contributed by atoms with Crippen LogP contribution in [0.5, 0.6) is 0 Å². The van der Waals surface area contributed by atoms with Crippen LogP contribution >= 0.6 is 0 Å². The summed E-state index contributed by atoms with van der Waals surface area (Å²) in [6.07, 6.45) is 8.03. The molecule has 128 valence electrons. The first-order valence-electron chi connectivity index (χ1n) is 9.00. The zero-order chi connectivity index (χ0) is 16.1. The SMILES string of the molecule is CCNC(=NCCN1CCCC1)N1CCC(c2cnn(C)c2)C1. The molecule has 3 rings (SSSR count). The summed E-state index contributed by atoms with van der Waals surface area (Å²) in [4.78, 5) is 9.79. The van der Waals surface area contributed by atoms with Gasteiger partial charge in [0.25, 0.3) is 0 Å². The number of aromatic nitrogens is 2. The van der Waals surface area contributed by atoms with E-state index in [0.29, 0.717) is 5.92 Å². The Morgan fingerprint density at radius 3 is 2.87 bits per heavy atom. The number of rotatable bonds is 5. The Bertz CT molecular complexity index is 517. The van der Waals surface area contributed by atoms with Crippen molar-refractivity contribution in [3.63, 3.8) is 0 Å². The van der Waals surface area contributed by atoms with Gasteiger partial charge >= 0.3 is 0 Å². The first-order valence-corrected chi connectivity index (χ1v) is 9.00. The second kappa shape index (κ2) is 7.81. The highest BCUT2D eigenvalue weighted by molar-refractivity contribution is 5.80. The second-order valence-corrected chi connectivity index (χ2v) is 6.66. The number of likely N-dealkylation sites (tertiary alicyclic amines) is 2. The van der Waals surface area contributed by atoms with E-state index in [1.54, 1.807) is 0 Å². The molecule has 3 heterocycles. The van der Waals surface area contributed by atoms with Gasteiger partial charge in [0.15, 0.2) is 5.96 Å². The van der Waals surface area contributed by atoms with Gasteiger partial charge in [-0.25, -0.2) is 0 Å². The molecule has 1 aromatic heterocycles. The van der Waals surface area contributed by atoms with E-state index >= 15 is 0 Å². The molecule has 0 aliphatic carbocycles. The Morgan fingerprint density at radius 1 is 1.35 bits per heavy atom. The number of nitrogens with one attached hydrogen (secondary N) is 1. The summed E-state index contributed by atoms with van der Waals surface area (Å²) in [6.45, 7) is 9.68. The standard InChI is InChI=1S/C17H30N6/c1-3-18-17(19-7-11-22-8-4-5-9-22)23-10-6-15(14-23)16-12-20-21(2)13-16/h12-13,15H,3-11,14H2,1-2H3,(H,18,19). The molecule has 2 saturated heterocycles. The number of guanidine groups is 1. The number of aliphatic imine (C=N–C) groups is 1. The predicted octanol–water partition coefficient (Wildman–Crippen LogP) is 1.27. The molecule has 0 amide bonds. The second-order valence-electron chi connectivity index (χ2n) is 6.66. The molecule has 2 aliphatic heterocycles. The van der Waals surface area contributed by atoms with Crippen molar-refractivity contribution in [1.82, 2.24) is 24.9 Å². The summed E-state index contributed by atoms with van der Waals surface area (Å²) in [5, 5.41) is 7.77. The van der Waals surface area contributed by atoms with Gasteiger partial charge in [-0.05, 0) is 44.8 Å². The lowest BCUT2D eigenvalue weighted by Crippen LogP contribution is -2.40. The van der Waals surface area contributed by atoms with E-state index in [-0.39, 0.29) is 0 Å². The van der Waals surface area contributed by atoms with Crippen LogP contribution in [0.1, 0.15) is 37.7 Å². The van der Waals surface area contributed by atoms with E-state index in [1.165, 1.54) is 37.9 Å². The molecule has 1 atom stereocenters. The minimum Gasteiger partial charge on any atom is -0.357 e. The van der Waals surface area contributed by atoms with Crippen molar-refractivity contribution < 1.29 is 0 Å².